The van der Waals surface area contributed by atoms with E-state index in [1.807, 2.05) is 86.0 Å². The van der Waals surface area contributed by atoms with Crippen LogP contribution in [0.1, 0.15) is 83.3 Å². The number of H-pyrrole nitrogens is 2. The van der Waals surface area contributed by atoms with Gasteiger partial charge in [0.15, 0.2) is 5.69 Å². The number of amides is 4. The van der Waals surface area contributed by atoms with E-state index in [9.17, 15) is 24.4 Å². The van der Waals surface area contributed by atoms with Crippen LogP contribution in [0.25, 0.3) is 33.6 Å². The number of hydrogen-bond donors (Lipinski definition) is 4. The Labute approximate surface area is 337 Å². The summed E-state index contributed by atoms with van der Waals surface area (Å²) >= 11 is 0. The van der Waals surface area contributed by atoms with Crippen molar-refractivity contribution in [2.75, 3.05) is 20.8 Å². The van der Waals surface area contributed by atoms with Crippen molar-refractivity contribution in [3.05, 3.63) is 72.1 Å². The number of nitrogens with zero attached hydrogens (tertiary/aromatic N) is 5. The van der Waals surface area contributed by atoms with E-state index in [1.165, 1.54) is 14.2 Å². The van der Waals surface area contributed by atoms with Crippen LogP contribution in [0.4, 0.5) is 9.59 Å². The van der Waals surface area contributed by atoms with Crippen LogP contribution in [0.15, 0.2) is 54.7 Å². The number of carbonyl (C=O) groups is 4. The first-order chi connectivity index (χ1) is 27.8. The Hall–Kier alpha value is -6.17. The summed E-state index contributed by atoms with van der Waals surface area (Å²) in [4.78, 5) is 71.5. The topological polar surface area (TPSA) is 198 Å². The Morgan fingerprint density at radius 3 is 1.91 bits per heavy atom. The van der Waals surface area contributed by atoms with Gasteiger partial charge in [0, 0.05) is 18.2 Å². The molecule has 4 amide bonds. The maximum absolute atomic E-state index is 13.9. The summed E-state index contributed by atoms with van der Waals surface area (Å²) in [5.74, 6) is 1.27. The van der Waals surface area contributed by atoms with E-state index in [0.717, 1.165) is 47.2 Å². The van der Waals surface area contributed by atoms with Gasteiger partial charge < -0.3 is 39.9 Å². The summed E-state index contributed by atoms with van der Waals surface area (Å²) in [6.07, 6.45) is 2.89. The highest BCUT2D eigenvalue weighted by atomic mass is 16.5. The number of benzene rings is 2. The zero-order valence-electron chi connectivity index (χ0n) is 33.9. The van der Waals surface area contributed by atoms with E-state index in [4.69, 9.17) is 14.5 Å². The van der Waals surface area contributed by atoms with Crippen LogP contribution in [-0.4, -0.2) is 92.6 Å². The molecule has 304 valence electrons. The predicted octanol–water partition coefficient (Wildman–Crippen LogP) is 6.34. The Morgan fingerprint density at radius 2 is 1.34 bits per heavy atom. The molecule has 3 fully saturated rings. The van der Waals surface area contributed by atoms with Crippen LogP contribution in [-0.2, 0) is 19.1 Å². The Bertz CT molecular complexity index is 2210. The molecule has 0 bridgehead atoms. The molecule has 2 aliphatic heterocycles. The van der Waals surface area contributed by atoms with Gasteiger partial charge in [-0.25, -0.2) is 19.6 Å². The summed E-state index contributed by atoms with van der Waals surface area (Å²) in [7, 11) is 2.56. The van der Waals surface area contributed by atoms with E-state index >= 15 is 0 Å². The lowest BCUT2D eigenvalue weighted by Crippen LogP contribution is -2.52. The number of alkyl carbamates (subject to hydrolysis) is 2. The van der Waals surface area contributed by atoms with Gasteiger partial charge in [0.05, 0.1) is 43.9 Å². The lowest BCUT2D eigenvalue weighted by atomic mass is 10.0. The molecule has 2 aromatic carbocycles. The third-order valence-corrected chi connectivity index (χ3v) is 11.7. The van der Waals surface area contributed by atoms with Crippen LogP contribution >= 0.6 is 0 Å². The van der Waals surface area contributed by atoms with Crippen molar-refractivity contribution >= 4 is 24.0 Å². The number of imidazole rings is 2. The fourth-order valence-corrected chi connectivity index (χ4v) is 8.47. The molecule has 3 aliphatic rings. The van der Waals surface area contributed by atoms with Gasteiger partial charge in [-0.1, -0.05) is 83.1 Å². The fourth-order valence-electron chi connectivity index (χ4n) is 8.47. The molecule has 7 atom stereocenters. The highest BCUT2D eigenvalue weighted by Crippen LogP contribution is 2.53. The summed E-state index contributed by atoms with van der Waals surface area (Å²) in [6.45, 7) is 10.2. The van der Waals surface area contributed by atoms with Crippen molar-refractivity contribution in [2.24, 2.45) is 23.7 Å². The molecule has 4 N–H and O–H groups in total. The molecule has 4 aromatic rings. The average molecular weight is 790 g/mol. The number of nitrogens with one attached hydrogen (secondary N) is 4. The first kappa shape index (κ1) is 40.0. The van der Waals surface area contributed by atoms with Crippen molar-refractivity contribution in [2.45, 2.75) is 84.1 Å². The quantitative estimate of drug-likeness (QED) is 0.134. The molecule has 4 heterocycles. The minimum Gasteiger partial charge on any atom is -0.453 e. The summed E-state index contributed by atoms with van der Waals surface area (Å²) in [6, 6.07) is 16.3. The number of fused-ring (bicyclic) bond motifs is 1. The molecule has 2 saturated heterocycles. The van der Waals surface area contributed by atoms with Gasteiger partial charge in [-0.3, -0.25) is 9.59 Å². The molecule has 58 heavy (non-hydrogen) atoms. The second-order valence-electron chi connectivity index (χ2n) is 16.4. The van der Waals surface area contributed by atoms with Gasteiger partial charge in [-0.05, 0) is 59.6 Å². The molecule has 15 nitrogen and oxygen atoms in total. The Balaban J connectivity index is 1.05. The maximum atomic E-state index is 13.9. The number of methoxy groups -OCH3 is 2. The van der Waals surface area contributed by atoms with Gasteiger partial charge in [-0.2, -0.15) is 5.26 Å². The number of ether oxygens (including phenoxy) is 2. The third-order valence-electron chi connectivity index (χ3n) is 11.7. The molecular weight excluding hydrogens is 739 g/mol. The van der Waals surface area contributed by atoms with E-state index in [0.29, 0.717) is 29.8 Å². The van der Waals surface area contributed by atoms with Crippen LogP contribution in [0.2, 0.25) is 0 Å². The monoisotopic (exact) mass is 789 g/mol. The second kappa shape index (κ2) is 16.4. The van der Waals surface area contributed by atoms with Crippen molar-refractivity contribution < 1.29 is 28.7 Å². The summed E-state index contributed by atoms with van der Waals surface area (Å²) in [5, 5.41) is 15.5. The number of rotatable bonds is 11. The van der Waals surface area contributed by atoms with Crippen molar-refractivity contribution in [1.29, 1.82) is 5.26 Å². The minimum atomic E-state index is -0.747. The second-order valence-corrected chi connectivity index (χ2v) is 16.4. The van der Waals surface area contributed by atoms with E-state index in [1.54, 1.807) is 6.20 Å². The van der Waals surface area contributed by atoms with E-state index < -0.39 is 24.3 Å². The minimum absolute atomic E-state index is 0.0799. The molecule has 2 aromatic heterocycles. The number of carbonyl (C=O) groups excluding carboxylic acids is 4. The van der Waals surface area contributed by atoms with Crippen molar-refractivity contribution in [3.8, 4) is 39.7 Å². The fraction of sp³-hybridized carbons (Fsp3) is 0.465. The first-order valence-corrected chi connectivity index (χ1v) is 19.9. The summed E-state index contributed by atoms with van der Waals surface area (Å²) < 4.78 is 9.56. The third kappa shape index (κ3) is 7.88. The van der Waals surface area contributed by atoms with Crippen LogP contribution in [0.5, 0.6) is 0 Å². The molecule has 0 spiro atoms. The number of nitriles is 1. The van der Waals surface area contributed by atoms with Gasteiger partial charge in [0.25, 0.3) is 0 Å². The number of hydrogen-bond acceptors (Lipinski definition) is 9. The Morgan fingerprint density at radius 1 is 0.776 bits per heavy atom. The zero-order valence-corrected chi connectivity index (χ0v) is 33.9. The molecule has 1 saturated carbocycles. The van der Waals surface area contributed by atoms with Crippen LogP contribution in [0.3, 0.4) is 0 Å². The predicted molar refractivity (Wildman–Crippen MR) is 214 cm³/mol. The van der Waals surface area contributed by atoms with Crippen LogP contribution < -0.4 is 10.6 Å². The lowest BCUT2D eigenvalue weighted by molar-refractivity contribution is -0.137. The normalized spacial score (nSPS) is 22.0. The van der Waals surface area contributed by atoms with Crippen molar-refractivity contribution in [1.82, 2.24) is 40.4 Å². The zero-order chi connectivity index (χ0) is 41.4. The maximum Gasteiger partial charge on any atom is 0.407 e. The van der Waals surface area contributed by atoms with Crippen molar-refractivity contribution in [3.63, 3.8) is 0 Å². The largest absolute Gasteiger partial charge is 0.453 e. The lowest BCUT2D eigenvalue weighted by Gasteiger charge is -2.31. The molecular formula is C43H51N9O6. The van der Waals surface area contributed by atoms with Gasteiger partial charge in [-0.15, -0.1) is 0 Å². The molecule has 1 aliphatic carbocycles. The average Bonchev–Trinajstić information content (AvgIpc) is 3.66. The standard InChI is InChI=1S/C43H51N9O6/c1-22(2)35(49-42(55)57-6)40(53)51-21-24(5)16-33(51)38-45-20-31(47-38)27-12-8-25(9-13-27)26-10-14-28(15-11-26)37-30(19-44)46-39(48-37)34-18-29-17-32(29)52(34)41(54)36(23(3)4)50-43(56)58-7/h8-15,20,22-24,29,32-36H,16-18,21H2,1-7H3,(H,45,47)(H,46,48)(H,49,55)(H,50,56). The van der Waals surface area contributed by atoms with E-state index in [2.05, 4.69) is 38.6 Å². The van der Waals surface area contributed by atoms with Gasteiger partial charge in [0.2, 0.25) is 11.8 Å². The number of piperidine rings is 1. The molecule has 7 rings (SSSR count). The SMILES string of the molecule is COC(=O)NC(C(=O)N1CC(C)CC1c1ncc(-c2ccc(-c3ccc(-c4[nH]c(C5CC6CC6N5C(=O)C(NC(=O)OC)C(C)C)nc4C#N)cc3)cc2)[nH]1)C(C)C. The molecule has 7 unspecified atom stereocenters. The van der Waals surface area contributed by atoms with Gasteiger partial charge in [0.1, 0.15) is 29.8 Å². The van der Waals surface area contributed by atoms with Crippen LogP contribution in [0, 0.1) is 35.0 Å². The number of likely N-dealkylation sites (tertiary alicyclic amines) is 2. The highest BCUT2D eigenvalue weighted by Gasteiger charge is 2.56. The van der Waals surface area contributed by atoms with E-state index in [-0.39, 0.29) is 53.4 Å². The smallest absolute Gasteiger partial charge is 0.407 e. The highest BCUT2D eigenvalue weighted by molar-refractivity contribution is 5.88. The molecule has 15 heteroatoms. The first-order valence-electron chi connectivity index (χ1n) is 19.9. The molecule has 0 radical (unpaired) electrons. The summed E-state index contributed by atoms with van der Waals surface area (Å²) in [5.41, 5.74) is 5.39. The number of aromatic nitrogens is 4. The number of aromatic amines is 2. The Kier molecular flexibility index (Phi) is 11.3. The van der Waals surface area contributed by atoms with Gasteiger partial charge >= 0.3 is 12.2 Å².